The number of benzene rings is 1. The number of amides is 1. The number of aromatic amines is 1. The Morgan fingerprint density at radius 3 is 2.75 bits per heavy atom. The largest absolute Gasteiger partial charge is 0.477 e. The minimum Gasteiger partial charge on any atom is -0.477 e. The van der Waals surface area contributed by atoms with Crippen LogP contribution in [0.15, 0.2) is 41.8 Å². The van der Waals surface area contributed by atoms with Gasteiger partial charge >= 0.3 is 5.97 Å². The van der Waals surface area contributed by atoms with Crippen molar-refractivity contribution in [3.8, 4) is 0 Å². The van der Waals surface area contributed by atoms with Crippen molar-refractivity contribution in [1.29, 1.82) is 0 Å². The van der Waals surface area contributed by atoms with Crippen LogP contribution >= 0.6 is 11.3 Å². The van der Waals surface area contributed by atoms with Crippen molar-refractivity contribution in [3.05, 3.63) is 52.3 Å². The fourth-order valence-corrected chi connectivity index (χ4v) is 2.59. The summed E-state index contributed by atoms with van der Waals surface area (Å²) in [5, 5.41) is 14.3. The van der Waals surface area contributed by atoms with Gasteiger partial charge in [0.1, 0.15) is 5.69 Å². The van der Waals surface area contributed by atoms with E-state index in [4.69, 9.17) is 5.11 Å². The Morgan fingerprint density at radius 2 is 2.05 bits per heavy atom. The number of carboxylic acid groups (broad SMARTS) is 1. The maximum Gasteiger partial charge on any atom is 0.352 e. The predicted molar refractivity (Wildman–Crippen MR) is 77.5 cm³/mol. The van der Waals surface area contributed by atoms with Crippen LogP contribution in [0.1, 0.15) is 20.2 Å². The average molecular weight is 286 g/mol. The Bertz CT molecular complexity index is 790. The Labute approximate surface area is 117 Å². The average Bonchev–Trinajstić information content (AvgIpc) is 3.08. The van der Waals surface area contributed by atoms with Crippen molar-refractivity contribution in [2.45, 2.75) is 0 Å². The number of anilines is 1. The summed E-state index contributed by atoms with van der Waals surface area (Å²) in [4.78, 5) is 26.4. The van der Waals surface area contributed by atoms with E-state index >= 15 is 0 Å². The highest BCUT2D eigenvalue weighted by molar-refractivity contribution is 7.12. The third kappa shape index (κ3) is 2.17. The van der Waals surface area contributed by atoms with Crippen molar-refractivity contribution in [2.75, 3.05) is 5.32 Å². The molecule has 0 aliphatic rings. The van der Waals surface area contributed by atoms with Gasteiger partial charge < -0.3 is 15.4 Å². The molecule has 3 N–H and O–H groups in total. The Balaban J connectivity index is 1.99. The van der Waals surface area contributed by atoms with Gasteiger partial charge in [-0.2, -0.15) is 0 Å². The molecule has 0 bridgehead atoms. The van der Waals surface area contributed by atoms with E-state index in [0.29, 0.717) is 16.1 Å². The van der Waals surface area contributed by atoms with Crippen LogP contribution in [0.5, 0.6) is 0 Å². The van der Waals surface area contributed by atoms with Crippen molar-refractivity contribution in [2.24, 2.45) is 0 Å². The van der Waals surface area contributed by atoms with Crippen LogP contribution < -0.4 is 5.32 Å². The van der Waals surface area contributed by atoms with Gasteiger partial charge in [0.05, 0.1) is 16.1 Å². The molecule has 3 aromatic rings. The molecule has 0 saturated carbocycles. The van der Waals surface area contributed by atoms with E-state index in [0.717, 1.165) is 5.39 Å². The van der Waals surface area contributed by atoms with E-state index in [1.807, 2.05) is 5.38 Å². The number of aromatic nitrogens is 1. The molecular weight excluding hydrogens is 276 g/mol. The van der Waals surface area contributed by atoms with Crippen LogP contribution in [0.2, 0.25) is 0 Å². The van der Waals surface area contributed by atoms with Crippen LogP contribution in [-0.4, -0.2) is 22.0 Å². The van der Waals surface area contributed by atoms with Gasteiger partial charge in [-0.1, -0.05) is 18.2 Å². The van der Waals surface area contributed by atoms with E-state index in [-0.39, 0.29) is 11.6 Å². The number of carboxylic acids is 1. The van der Waals surface area contributed by atoms with Crippen molar-refractivity contribution in [3.63, 3.8) is 0 Å². The zero-order chi connectivity index (χ0) is 14.1. The highest BCUT2D eigenvalue weighted by Crippen LogP contribution is 2.24. The molecule has 20 heavy (non-hydrogen) atoms. The lowest BCUT2D eigenvalue weighted by molar-refractivity contribution is 0.0691. The first-order valence-electron chi connectivity index (χ1n) is 5.85. The highest BCUT2D eigenvalue weighted by Gasteiger charge is 2.13. The van der Waals surface area contributed by atoms with Crippen LogP contribution in [-0.2, 0) is 0 Å². The number of rotatable bonds is 3. The zero-order valence-corrected chi connectivity index (χ0v) is 11.0. The first kappa shape index (κ1) is 12.4. The summed E-state index contributed by atoms with van der Waals surface area (Å²) in [5.74, 6) is -1.24. The number of hydrogen-bond acceptors (Lipinski definition) is 3. The minimum absolute atomic E-state index is 0.0952. The molecule has 6 heteroatoms. The molecule has 0 unspecified atom stereocenters. The Kier molecular flexibility index (Phi) is 3.00. The molecule has 0 aliphatic heterocycles. The quantitative estimate of drug-likeness (QED) is 0.691. The lowest BCUT2D eigenvalue weighted by Gasteiger charge is -2.04. The lowest BCUT2D eigenvalue weighted by Crippen LogP contribution is -2.10. The van der Waals surface area contributed by atoms with E-state index in [2.05, 4.69) is 10.3 Å². The Hall–Kier alpha value is -2.60. The summed E-state index contributed by atoms with van der Waals surface area (Å²) in [6.07, 6.45) is 0. The van der Waals surface area contributed by atoms with Crippen LogP contribution in [0, 0.1) is 0 Å². The first-order valence-corrected chi connectivity index (χ1v) is 6.73. The summed E-state index contributed by atoms with van der Waals surface area (Å²) in [5.41, 5.74) is 1.26. The van der Waals surface area contributed by atoms with Gasteiger partial charge in [-0.15, -0.1) is 11.3 Å². The van der Waals surface area contributed by atoms with Crippen LogP contribution in [0.3, 0.4) is 0 Å². The minimum atomic E-state index is -1.03. The van der Waals surface area contributed by atoms with Crippen molar-refractivity contribution >= 4 is 39.8 Å². The number of para-hydroxylation sites is 1. The molecule has 0 saturated heterocycles. The topological polar surface area (TPSA) is 82.2 Å². The summed E-state index contributed by atoms with van der Waals surface area (Å²) < 4.78 is 0. The summed E-state index contributed by atoms with van der Waals surface area (Å²) >= 11 is 1.35. The van der Waals surface area contributed by atoms with E-state index in [1.165, 1.54) is 11.3 Å². The maximum absolute atomic E-state index is 12.0. The van der Waals surface area contributed by atoms with Gasteiger partial charge in [0.15, 0.2) is 0 Å². The second kappa shape index (κ2) is 4.82. The number of H-pyrrole nitrogens is 1. The number of hydrogen-bond donors (Lipinski definition) is 3. The molecule has 0 spiro atoms. The number of thiophene rings is 1. The summed E-state index contributed by atoms with van der Waals surface area (Å²) in [7, 11) is 0. The number of aromatic carboxylic acids is 1. The summed E-state index contributed by atoms with van der Waals surface area (Å²) in [6.45, 7) is 0. The number of carbonyl (C=O) groups excluding carboxylic acids is 1. The molecule has 0 atom stereocenters. The smallest absolute Gasteiger partial charge is 0.352 e. The third-order valence-corrected chi connectivity index (χ3v) is 3.75. The molecule has 2 aromatic heterocycles. The number of nitrogens with one attached hydrogen (secondary N) is 2. The highest BCUT2D eigenvalue weighted by atomic mass is 32.1. The second-order valence-corrected chi connectivity index (χ2v) is 5.14. The SMILES string of the molecule is O=C(O)c1cc2cccc(NC(=O)c3cccs3)c2[nH]1. The molecule has 5 nitrogen and oxygen atoms in total. The van der Waals surface area contributed by atoms with Gasteiger partial charge in [-0.05, 0) is 23.6 Å². The molecule has 100 valence electrons. The van der Waals surface area contributed by atoms with Gasteiger partial charge in [0, 0.05) is 5.39 Å². The molecule has 0 radical (unpaired) electrons. The van der Waals surface area contributed by atoms with Crippen molar-refractivity contribution < 1.29 is 14.7 Å². The lowest BCUT2D eigenvalue weighted by atomic mass is 10.2. The van der Waals surface area contributed by atoms with E-state index in [1.54, 1.807) is 36.4 Å². The van der Waals surface area contributed by atoms with Gasteiger partial charge in [-0.25, -0.2) is 4.79 Å². The normalized spacial score (nSPS) is 10.6. The van der Waals surface area contributed by atoms with Crippen LogP contribution in [0.4, 0.5) is 5.69 Å². The third-order valence-electron chi connectivity index (χ3n) is 2.88. The number of fused-ring (bicyclic) bond motifs is 1. The fourth-order valence-electron chi connectivity index (χ4n) is 1.97. The van der Waals surface area contributed by atoms with Crippen LogP contribution in [0.25, 0.3) is 10.9 Å². The molecule has 3 rings (SSSR count). The molecular formula is C14H10N2O3S. The first-order chi connectivity index (χ1) is 9.65. The monoisotopic (exact) mass is 286 g/mol. The predicted octanol–water partition coefficient (Wildman–Crippen LogP) is 3.18. The molecule has 0 aliphatic carbocycles. The zero-order valence-electron chi connectivity index (χ0n) is 10.2. The van der Waals surface area contributed by atoms with Gasteiger partial charge in [-0.3, -0.25) is 4.79 Å². The maximum atomic E-state index is 12.0. The molecule has 2 heterocycles. The second-order valence-electron chi connectivity index (χ2n) is 4.19. The van der Waals surface area contributed by atoms with Gasteiger partial charge in [0.2, 0.25) is 0 Å². The Morgan fingerprint density at radius 1 is 1.20 bits per heavy atom. The molecule has 1 amide bonds. The van der Waals surface area contributed by atoms with E-state index in [9.17, 15) is 9.59 Å². The molecule has 1 aromatic carbocycles. The fraction of sp³-hybridized carbons (Fsp3) is 0. The number of carbonyl (C=O) groups is 2. The van der Waals surface area contributed by atoms with E-state index < -0.39 is 5.97 Å². The molecule has 0 fully saturated rings. The van der Waals surface area contributed by atoms with Crippen molar-refractivity contribution in [1.82, 2.24) is 4.98 Å². The van der Waals surface area contributed by atoms with Gasteiger partial charge in [0.25, 0.3) is 5.91 Å². The standard InChI is InChI=1S/C14H10N2O3S/c17-13(11-5-2-6-20-11)16-9-4-1-3-8-7-10(14(18)19)15-12(8)9/h1-7,15H,(H,16,17)(H,18,19). The summed E-state index contributed by atoms with van der Waals surface area (Å²) in [6, 6.07) is 10.4.